The van der Waals surface area contributed by atoms with E-state index in [0.29, 0.717) is 12.1 Å². The third-order valence-corrected chi connectivity index (χ3v) is 4.76. The van der Waals surface area contributed by atoms with Gasteiger partial charge < -0.3 is 5.32 Å². The molecule has 5 heteroatoms. The lowest BCUT2D eigenvalue weighted by molar-refractivity contribution is 0.0912. The Balaban J connectivity index is 2.23. The van der Waals surface area contributed by atoms with Crippen LogP contribution >= 0.6 is 0 Å². The molecule has 1 aliphatic heterocycles. The van der Waals surface area contributed by atoms with Crippen molar-refractivity contribution in [2.24, 2.45) is 0 Å². The minimum atomic E-state index is -0.438. The summed E-state index contributed by atoms with van der Waals surface area (Å²) >= 11 is 0. The number of imide groups is 1. The maximum absolute atomic E-state index is 13.2. The Morgan fingerprint density at radius 2 is 1.77 bits per heavy atom. The zero-order chi connectivity index (χ0) is 19.0. The smallest absolute Gasteiger partial charge is 0.266 e. The molecule has 1 aliphatic rings. The number of hydrogen-bond acceptors (Lipinski definition) is 3. The van der Waals surface area contributed by atoms with Crippen LogP contribution in [-0.4, -0.2) is 24.8 Å². The van der Waals surface area contributed by atoms with Crippen molar-refractivity contribution < 1.29 is 14.4 Å². The van der Waals surface area contributed by atoms with E-state index in [1.807, 2.05) is 39.0 Å². The number of benzene rings is 2. The summed E-state index contributed by atoms with van der Waals surface area (Å²) in [5, 5.41) is 2.53. The summed E-state index contributed by atoms with van der Waals surface area (Å²) in [7, 11) is 1.50. The van der Waals surface area contributed by atoms with Crippen LogP contribution in [0.2, 0.25) is 0 Å². The van der Waals surface area contributed by atoms with Gasteiger partial charge in [0.25, 0.3) is 17.7 Å². The number of carbonyl (C=O) groups is 3. The molecule has 0 atom stereocenters. The molecule has 0 saturated heterocycles. The molecule has 3 amide bonds. The molecule has 0 radical (unpaired) electrons. The Hall–Kier alpha value is -2.95. The number of nitrogens with one attached hydrogen (secondary N) is 1. The molecule has 0 fully saturated rings. The Bertz CT molecular complexity index is 915. The number of fused-ring (bicyclic) bond motifs is 1. The van der Waals surface area contributed by atoms with E-state index in [4.69, 9.17) is 0 Å². The first kappa shape index (κ1) is 17.9. The summed E-state index contributed by atoms with van der Waals surface area (Å²) in [6.45, 7) is 6.07. The maximum Gasteiger partial charge on any atom is 0.266 e. The van der Waals surface area contributed by atoms with Crippen LogP contribution < -0.4 is 10.2 Å². The van der Waals surface area contributed by atoms with Gasteiger partial charge in [0.2, 0.25) is 0 Å². The minimum Gasteiger partial charge on any atom is -0.355 e. The first-order valence-corrected chi connectivity index (χ1v) is 8.78. The number of aryl methyl sites for hydroxylation is 1. The van der Waals surface area contributed by atoms with Crippen LogP contribution in [0.25, 0.3) is 0 Å². The highest BCUT2D eigenvalue weighted by molar-refractivity contribution is 6.36. The Morgan fingerprint density at radius 3 is 2.38 bits per heavy atom. The molecule has 0 aromatic heterocycles. The van der Waals surface area contributed by atoms with E-state index < -0.39 is 5.91 Å². The summed E-state index contributed by atoms with van der Waals surface area (Å²) in [6.07, 6.45) is 0.700. The van der Waals surface area contributed by atoms with Gasteiger partial charge >= 0.3 is 0 Å². The molecule has 0 saturated carbocycles. The van der Waals surface area contributed by atoms with Crippen molar-refractivity contribution in [3.05, 3.63) is 64.2 Å². The predicted octanol–water partition coefficient (Wildman–Crippen LogP) is 3.53. The van der Waals surface area contributed by atoms with Crippen LogP contribution in [0.3, 0.4) is 0 Å². The van der Waals surface area contributed by atoms with Crippen molar-refractivity contribution in [2.75, 3.05) is 11.9 Å². The van der Waals surface area contributed by atoms with Gasteiger partial charge in [-0.15, -0.1) is 0 Å². The van der Waals surface area contributed by atoms with Crippen LogP contribution in [-0.2, 0) is 6.42 Å². The van der Waals surface area contributed by atoms with Gasteiger partial charge in [0.05, 0.1) is 22.4 Å². The van der Waals surface area contributed by atoms with Crippen molar-refractivity contribution >= 4 is 23.4 Å². The predicted molar refractivity (Wildman–Crippen MR) is 101 cm³/mol. The molecule has 0 aliphatic carbocycles. The van der Waals surface area contributed by atoms with E-state index in [9.17, 15) is 14.4 Å². The number of nitrogens with zero attached hydrogens (tertiary/aromatic N) is 1. The molecule has 1 N–H and O–H groups in total. The van der Waals surface area contributed by atoms with E-state index in [0.717, 1.165) is 11.1 Å². The Kier molecular flexibility index (Phi) is 4.64. The summed E-state index contributed by atoms with van der Waals surface area (Å²) in [4.78, 5) is 39.7. The van der Waals surface area contributed by atoms with Gasteiger partial charge in [0.15, 0.2) is 0 Å². The van der Waals surface area contributed by atoms with Crippen molar-refractivity contribution in [1.29, 1.82) is 0 Å². The fourth-order valence-corrected chi connectivity index (χ4v) is 3.45. The fraction of sp³-hybridized carbons (Fsp3) is 0.286. The van der Waals surface area contributed by atoms with Crippen molar-refractivity contribution in [3.8, 4) is 0 Å². The van der Waals surface area contributed by atoms with E-state index in [1.54, 1.807) is 18.2 Å². The molecule has 134 valence electrons. The van der Waals surface area contributed by atoms with Gasteiger partial charge in [-0.3, -0.25) is 14.4 Å². The second-order valence-electron chi connectivity index (χ2n) is 6.62. The number of anilines is 1. The minimum absolute atomic E-state index is 0.152. The lowest BCUT2D eigenvalue weighted by atomic mass is 9.95. The highest BCUT2D eigenvalue weighted by atomic mass is 16.2. The molecule has 3 rings (SSSR count). The number of hydrogen-bond donors (Lipinski definition) is 1. The van der Waals surface area contributed by atoms with Crippen LogP contribution in [0.15, 0.2) is 36.4 Å². The molecule has 2 aromatic rings. The van der Waals surface area contributed by atoms with Crippen LogP contribution in [0.4, 0.5) is 5.69 Å². The van der Waals surface area contributed by atoms with Gasteiger partial charge in [0, 0.05) is 7.05 Å². The quantitative estimate of drug-likeness (QED) is 0.858. The largest absolute Gasteiger partial charge is 0.355 e. The second kappa shape index (κ2) is 6.75. The topological polar surface area (TPSA) is 66.5 Å². The molecular weight excluding hydrogens is 328 g/mol. The Labute approximate surface area is 153 Å². The molecule has 0 bridgehead atoms. The zero-order valence-electron chi connectivity index (χ0n) is 15.4. The highest BCUT2D eigenvalue weighted by Crippen LogP contribution is 2.37. The van der Waals surface area contributed by atoms with Crippen LogP contribution in [0.5, 0.6) is 0 Å². The third kappa shape index (κ3) is 2.60. The van der Waals surface area contributed by atoms with Crippen molar-refractivity contribution in [1.82, 2.24) is 5.32 Å². The van der Waals surface area contributed by atoms with Gasteiger partial charge in [0.1, 0.15) is 0 Å². The van der Waals surface area contributed by atoms with Gasteiger partial charge in [-0.1, -0.05) is 45.0 Å². The maximum atomic E-state index is 13.2. The Morgan fingerprint density at radius 1 is 1.08 bits per heavy atom. The average molecular weight is 350 g/mol. The van der Waals surface area contributed by atoms with E-state index in [-0.39, 0.29) is 34.4 Å². The molecule has 1 heterocycles. The normalized spacial score (nSPS) is 13.3. The average Bonchev–Trinajstić information content (AvgIpc) is 2.91. The molecule has 0 unspecified atom stereocenters. The molecule has 5 nitrogen and oxygen atoms in total. The van der Waals surface area contributed by atoms with Crippen LogP contribution in [0.1, 0.15) is 68.9 Å². The van der Waals surface area contributed by atoms with Crippen molar-refractivity contribution in [2.45, 2.75) is 33.1 Å². The van der Waals surface area contributed by atoms with Gasteiger partial charge in [-0.05, 0) is 35.6 Å². The summed E-state index contributed by atoms with van der Waals surface area (Å²) in [5.41, 5.74) is 3.21. The molecule has 26 heavy (non-hydrogen) atoms. The summed E-state index contributed by atoms with van der Waals surface area (Å²) < 4.78 is 0. The number of carbonyl (C=O) groups excluding carboxylic acids is 3. The second-order valence-corrected chi connectivity index (χ2v) is 6.62. The first-order valence-electron chi connectivity index (χ1n) is 8.78. The standard InChI is InChI=1S/C21H22N2O3/c1-5-13-8-6-9-14(12(2)3)18(13)23-20(25)16-11-7-10-15(19(24)22-4)17(16)21(23)26/h6-12H,5H2,1-4H3,(H,22,24). The zero-order valence-corrected chi connectivity index (χ0v) is 15.4. The van der Waals surface area contributed by atoms with Crippen molar-refractivity contribution in [3.63, 3.8) is 0 Å². The van der Waals surface area contributed by atoms with Gasteiger partial charge in [-0.2, -0.15) is 0 Å². The number of para-hydroxylation sites is 1. The van der Waals surface area contributed by atoms with E-state index >= 15 is 0 Å². The highest BCUT2D eigenvalue weighted by Gasteiger charge is 2.41. The molecule has 2 aromatic carbocycles. The first-order chi connectivity index (χ1) is 12.4. The number of rotatable bonds is 4. The van der Waals surface area contributed by atoms with Gasteiger partial charge in [-0.25, -0.2) is 4.90 Å². The number of amides is 3. The summed E-state index contributed by atoms with van der Waals surface area (Å²) in [5.74, 6) is -1.04. The summed E-state index contributed by atoms with van der Waals surface area (Å²) in [6, 6.07) is 10.6. The lowest BCUT2D eigenvalue weighted by Gasteiger charge is -2.23. The SMILES string of the molecule is CCc1cccc(C(C)C)c1N1C(=O)c2cccc(C(=O)NC)c2C1=O. The monoisotopic (exact) mass is 350 g/mol. The van der Waals surface area contributed by atoms with E-state index in [2.05, 4.69) is 5.32 Å². The third-order valence-electron chi connectivity index (χ3n) is 4.76. The lowest BCUT2D eigenvalue weighted by Crippen LogP contribution is -2.32. The van der Waals surface area contributed by atoms with E-state index in [1.165, 1.54) is 11.9 Å². The molecular formula is C21H22N2O3. The molecule has 0 spiro atoms. The fourth-order valence-electron chi connectivity index (χ4n) is 3.45. The van der Waals surface area contributed by atoms with Crippen LogP contribution in [0, 0.1) is 0 Å².